The normalized spacial score (nSPS) is 10.8. The van der Waals surface area contributed by atoms with Crippen LogP contribution in [0.15, 0.2) is 28.9 Å². The van der Waals surface area contributed by atoms with Crippen molar-refractivity contribution in [3.63, 3.8) is 0 Å². The number of hydrogen-bond donors (Lipinski definition) is 1. The third kappa shape index (κ3) is 2.81. The Labute approximate surface area is 158 Å². The number of benzene rings is 2. The molecule has 0 amide bonds. The highest BCUT2D eigenvalue weighted by molar-refractivity contribution is 6.46. The lowest BCUT2D eigenvalue weighted by molar-refractivity contribution is 0.103. The molecule has 8 heteroatoms. The molecule has 0 aliphatic rings. The number of ketones is 1. The molecule has 3 rings (SSSR count). The van der Waals surface area contributed by atoms with Crippen LogP contribution in [-0.2, 0) is 0 Å². The van der Waals surface area contributed by atoms with Gasteiger partial charge in [0.2, 0.25) is 5.75 Å². The van der Waals surface area contributed by atoms with Crippen LogP contribution >= 0.6 is 23.2 Å². The molecule has 0 saturated heterocycles. The van der Waals surface area contributed by atoms with Gasteiger partial charge in [-0.1, -0.05) is 23.2 Å². The van der Waals surface area contributed by atoms with Gasteiger partial charge in [0, 0.05) is 10.9 Å². The third-order valence-corrected chi connectivity index (χ3v) is 4.74. The van der Waals surface area contributed by atoms with E-state index in [0.29, 0.717) is 22.6 Å². The van der Waals surface area contributed by atoms with E-state index in [1.165, 1.54) is 45.8 Å². The highest BCUT2D eigenvalue weighted by Crippen LogP contribution is 2.42. The topological polar surface area (TPSA) is 78.1 Å². The fourth-order valence-corrected chi connectivity index (χ4v) is 3.02. The van der Waals surface area contributed by atoms with Crippen molar-refractivity contribution in [3.8, 4) is 23.0 Å². The van der Waals surface area contributed by atoms with Gasteiger partial charge in [0.15, 0.2) is 22.9 Å². The summed E-state index contributed by atoms with van der Waals surface area (Å²) in [5.74, 6) is 0.431. The number of hydrogen-bond acceptors (Lipinski definition) is 6. The zero-order valence-corrected chi connectivity index (χ0v) is 15.6. The average Bonchev–Trinajstić information content (AvgIpc) is 3.07. The molecule has 0 spiro atoms. The highest BCUT2D eigenvalue weighted by atomic mass is 35.5. The van der Waals surface area contributed by atoms with Crippen LogP contribution in [0.2, 0.25) is 10.0 Å². The fraction of sp³-hybridized carbons (Fsp3) is 0.167. The Kier molecular flexibility index (Phi) is 4.89. The molecule has 1 N–H and O–H groups in total. The van der Waals surface area contributed by atoms with E-state index in [1.54, 1.807) is 0 Å². The monoisotopic (exact) mass is 396 g/mol. The largest absolute Gasteiger partial charge is 0.506 e. The van der Waals surface area contributed by atoms with Crippen LogP contribution in [0.4, 0.5) is 0 Å². The quantitative estimate of drug-likeness (QED) is 0.629. The molecule has 1 heterocycles. The first kappa shape index (κ1) is 18.2. The maximum atomic E-state index is 13.0. The number of methoxy groups -OCH3 is 3. The summed E-state index contributed by atoms with van der Waals surface area (Å²) >= 11 is 12.0. The summed E-state index contributed by atoms with van der Waals surface area (Å²) in [5, 5.41) is 10.2. The fourth-order valence-electron chi connectivity index (χ4n) is 2.64. The summed E-state index contributed by atoms with van der Waals surface area (Å²) in [6, 6.07) is 4.39. The van der Waals surface area contributed by atoms with Crippen LogP contribution < -0.4 is 14.2 Å². The van der Waals surface area contributed by atoms with Gasteiger partial charge >= 0.3 is 0 Å². The molecule has 2 aromatic carbocycles. The lowest BCUT2D eigenvalue weighted by atomic mass is 10.0. The summed E-state index contributed by atoms with van der Waals surface area (Å²) < 4.78 is 21.2. The van der Waals surface area contributed by atoms with Gasteiger partial charge < -0.3 is 23.7 Å². The molecule has 0 bridgehead atoms. The summed E-state index contributed by atoms with van der Waals surface area (Å²) in [6.45, 7) is 0. The lowest BCUT2D eigenvalue weighted by Gasteiger charge is -2.13. The number of furan rings is 1. The number of rotatable bonds is 5. The first-order valence-corrected chi connectivity index (χ1v) is 8.11. The first-order valence-electron chi connectivity index (χ1n) is 7.35. The van der Waals surface area contributed by atoms with Crippen molar-refractivity contribution in [2.45, 2.75) is 0 Å². The Hall–Kier alpha value is -2.57. The van der Waals surface area contributed by atoms with E-state index >= 15 is 0 Å². The van der Waals surface area contributed by atoms with Crippen molar-refractivity contribution >= 4 is 40.0 Å². The number of phenols is 1. The Bertz CT molecular complexity index is 984. The van der Waals surface area contributed by atoms with Crippen LogP contribution in [0, 0.1) is 0 Å². The molecule has 0 aliphatic carbocycles. The van der Waals surface area contributed by atoms with Crippen molar-refractivity contribution < 1.29 is 28.5 Å². The molecule has 0 atom stereocenters. The summed E-state index contributed by atoms with van der Waals surface area (Å²) in [6.07, 6.45) is 1.26. The first-order chi connectivity index (χ1) is 12.4. The standard InChI is InChI=1S/C18H14Cl2O6/c1-23-12-4-8(5-13(24-2)18(12)25-3)16(22)10-7-26-17-9(10)6-11(21)14(19)15(17)20/h4-7,21H,1-3H3. The van der Waals surface area contributed by atoms with E-state index in [1.807, 2.05) is 0 Å². The van der Waals surface area contributed by atoms with Crippen LogP contribution in [-0.4, -0.2) is 32.2 Å². The average molecular weight is 397 g/mol. The van der Waals surface area contributed by atoms with Gasteiger partial charge in [0.05, 0.1) is 26.9 Å². The number of halogens is 2. The van der Waals surface area contributed by atoms with Crippen LogP contribution in [0.25, 0.3) is 11.0 Å². The van der Waals surface area contributed by atoms with Gasteiger partial charge in [0.1, 0.15) is 22.1 Å². The zero-order valence-electron chi connectivity index (χ0n) is 14.1. The Morgan fingerprint density at radius 1 is 1.00 bits per heavy atom. The molecule has 136 valence electrons. The third-order valence-electron chi connectivity index (χ3n) is 3.90. The van der Waals surface area contributed by atoms with Gasteiger partial charge in [0.25, 0.3) is 0 Å². The maximum absolute atomic E-state index is 13.0. The number of fused-ring (bicyclic) bond motifs is 1. The second-order valence-corrected chi connectivity index (χ2v) is 6.05. The summed E-state index contributed by atoms with van der Waals surface area (Å²) in [7, 11) is 4.39. The Morgan fingerprint density at radius 2 is 1.62 bits per heavy atom. The number of aromatic hydroxyl groups is 1. The number of carbonyl (C=O) groups excluding carboxylic acids is 1. The van der Waals surface area contributed by atoms with E-state index in [9.17, 15) is 9.90 Å². The molecule has 26 heavy (non-hydrogen) atoms. The second kappa shape index (κ2) is 6.97. The van der Waals surface area contributed by atoms with Gasteiger partial charge in [-0.05, 0) is 18.2 Å². The Balaban J connectivity index is 2.18. The molecule has 1 aromatic heterocycles. The minimum atomic E-state index is -0.374. The van der Waals surface area contributed by atoms with Gasteiger partial charge in [-0.3, -0.25) is 4.79 Å². The second-order valence-electron chi connectivity index (χ2n) is 5.29. The van der Waals surface area contributed by atoms with Crippen molar-refractivity contribution in [2.24, 2.45) is 0 Å². The number of ether oxygens (including phenoxy) is 3. The van der Waals surface area contributed by atoms with E-state index in [-0.39, 0.29) is 38.3 Å². The van der Waals surface area contributed by atoms with Gasteiger partial charge in [-0.25, -0.2) is 0 Å². The molecular weight excluding hydrogens is 383 g/mol. The van der Waals surface area contributed by atoms with Gasteiger partial charge in [-0.2, -0.15) is 0 Å². The molecular formula is C18H14Cl2O6. The Morgan fingerprint density at radius 3 is 2.15 bits per heavy atom. The van der Waals surface area contributed by atoms with E-state index in [4.69, 9.17) is 41.8 Å². The van der Waals surface area contributed by atoms with Crippen LogP contribution in [0.1, 0.15) is 15.9 Å². The summed E-state index contributed by atoms with van der Waals surface area (Å²) in [4.78, 5) is 13.0. The molecule has 0 radical (unpaired) electrons. The molecule has 6 nitrogen and oxygen atoms in total. The van der Waals surface area contributed by atoms with Crippen molar-refractivity contribution in [1.29, 1.82) is 0 Å². The van der Waals surface area contributed by atoms with Gasteiger partial charge in [-0.15, -0.1) is 0 Å². The van der Waals surface area contributed by atoms with Crippen molar-refractivity contribution in [1.82, 2.24) is 0 Å². The molecule has 0 fully saturated rings. The van der Waals surface area contributed by atoms with E-state index in [0.717, 1.165) is 0 Å². The number of phenolic OH excluding ortho intramolecular Hbond substituents is 1. The van der Waals surface area contributed by atoms with E-state index in [2.05, 4.69) is 0 Å². The van der Waals surface area contributed by atoms with Crippen LogP contribution in [0.3, 0.4) is 0 Å². The zero-order chi connectivity index (χ0) is 19.0. The highest BCUT2D eigenvalue weighted by Gasteiger charge is 2.23. The number of carbonyl (C=O) groups is 1. The molecule has 0 aliphatic heterocycles. The SMILES string of the molecule is COc1cc(C(=O)c2coc3c(Cl)c(Cl)c(O)cc23)cc(OC)c1OC. The lowest BCUT2D eigenvalue weighted by Crippen LogP contribution is -2.03. The molecule has 0 saturated carbocycles. The predicted octanol–water partition coefficient (Wildman–Crippen LogP) is 4.70. The summed E-state index contributed by atoms with van der Waals surface area (Å²) in [5.41, 5.74) is 0.709. The predicted molar refractivity (Wildman–Crippen MR) is 97.4 cm³/mol. The minimum Gasteiger partial charge on any atom is -0.506 e. The minimum absolute atomic E-state index is 0.0330. The molecule has 0 unspecified atom stereocenters. The van der Waals surface area contributed by atoms with Crippen LogP contribution in [0.5, 0.6) is 23.0 Å². The van der Waals surface area contributed by atoms with E-state index < -0.39 is 0 Å². The smallest absolute Gasteiger partial charge is 0.203 e. The molecule has 3 aromatic rings. The maximum Gasteiger partial charge on any atom is 0.203 e. The van der Waals surface area contributed by atoms with Crippen molar-refractivity contribution in [2.75, 3.05) is 21.3 Å². The van der Waals surface area contributed by atoms with Crippen molar-refractivity contribution in [3.05, 3.63) is 45.6 Å².